The van der Waals surface area contributed by atoms with Crippen molar-refractivity contribution in [3.05, 3.63) is 65.2 Å². The van der Waals surface area contributed by atoms with Crippen molar-refractivity contribution in [1.29, 1.82) is 0 Å². The summed E-state index contributed by atoms with van der Waals surface area (Å²) >= 11 is 8.34. The minimum atomic E-state index is -0.0699. The first-order valence-electron chi connectivity index (χ1n) is 6.12. The summed E-state index contributed by atoms with van der Waals surface area (Å²) < 4.78 is 0. The lowest BCUT2D eigenvalue weighted by atomic mass is 10.0. The van der Waals surface area contributed by atoms with E-state index >= 15 is 0 Å². The number of hydrogen-bond acceptors (Lipinski definition) is 1. The molecule has 0 radical (unpaired) electrons. The van der Waals surface area contributed by atoms with E-state index in [0.717, 1.165) is 12.0 Å². The third-order valence-electron chi connectivity index (χ3n) is 3.09. The Labute approximate surface area is 118 Å². The number of halogens is 1. The largest absolute Gasteiger partial charge is 0.129 e. The molecular formula is C16H17ClS. The van der Waals surface area contributed by atoms with Crippen molar-refractivity contribution in [3.63, 3.8) is 0 Å². The molecule has 0 nitrogen and oxygen atoms in total. The SMILES string of the molecule is CCc1ccc(C(Cl)c2ccccc2SC)cc1. The van der Waals surface area contributed by atoms with Crippen LogP contribution in [-0.4, -0.2) is 6.26 Å². The monoisotopic (exact) mass is 276 g/mol. The summed E-state index contributed by atoms with van der Waals surface area (Å²) in [7, 11) is 0. The van der Waals surface area contributed by atoms with E-state index in [0.29, 0.717) is 0 Å². The van der Waals surface area contributed by atoms with Crippen molar-refractivity contribution in [2.45, 2.75) is 23.6 Å². The third-order valence-corrected chi connectivity index (χ3v) is 4.39. The highest BCUT2D eigenvalue weighted by atomic mass is 35.5. The van der Waals surface area contributed by atoms with E-state index in [2.05, 4.69) is 55.6 Å². The van der Waals surface area contributed by atoms with Crippen LogP contribution in [0.2, 0.25) is 0 Å². The van der Waals surface area contributed by atoms with E-state index < -0.39 is 0 Å². The molecule has 2 aromatic carbocycles. The Hall–Kier alpha value is -0.920. The fraction of sp³-hybridized carbons (Fsp3) is 0.250. The van der Waals surface area contributed by atoms with Gasteiger partial charge >= 0.3 is 0 Å². The van der Waals surface area contributed by atoms with Crippen molar-refractivity contribution in [2.24, 2.45) is 0 Å². The summed E-state index contributed by atoms with van der Waals surface area (Å²) in [4.78, 5) is 1.25. The van der Waals surface area contributed by atoms with Gasteiger partial charge in [-0.1, -0.05) is 49.4 Å². The first-order valence-corrected chi connectivity index (χ1v) is 7.78. The topological polar surface area (TPSA) is 0 Å². The van der Waals surface area contributed by atoms with Gasteiger partial charge in [0.25, 0.3) is 0 Å². The first kappa shape index (κ1) is 13.5. The molecule has 0 bridgehead atoms. The van der Waals surface area contributed by atoms with Gasteiger partial charge in [-0.05, 0) is 35.4 Å². The van der Waals surface area contributed by atoms with Crippen LogP contribution in [0.1, 0.15) is 29.0 Å². The average Bonchev–Trinajstić information content (AvgIpc) is 2.46. The summed E-state index contributed by atoms with van der Waals surface area (Å²) in [5.41, 5.74) is 3.70. The van der Waals surface area contributed by atoms with Gasteiger partial charge in [0.15, 0.2) is 0 Å². The van der Waals surface area contributed by atoms with Gasteiger partial charge in [0.2, 0.25) is 0 Å². The summed E-state index contributed by atoms with van der Waals surface area (Å²) in [6, 6.07) is 16.9. The Bertz CT molecular complexity index is 505. The van der Waals surface area contributed by atoms with Crippen molar-refractivity contribution in [1.82, 2.24) is 0 Å². The average molecular weight is 277 g/mol. The molecule has 0 amide bonds. The summed E-state index contributed by atoms with van der Waals surface area (Å²) in [6.07, 6.45) is 3.15. The van der Waals surface area contributed by atoms with Gasteiger partial charge in [-0.15, -0.1) is 23.4 Å². The van der Waals surface area contributed by atoms with E-state index in [9.17, 15) is 0 Å². The van der Waals surface area contributed by atoms with E-state index in [4.69, 9.17) is 11.6 Å². The molecule has 18 heavy (non-hydrogen) atoms. The van der Waals surface area contributed by atoms with E-state index in [-0.39, 0.29) is 5.38 Å². The van der Waals surface area contributed by atoms with Crippen LogP contribution < -0.4 is 0 Å². The van der Waals surface area contributed by atoms with Crippen LogP contribution in [0.5, 0.6) is 0 Å². The zero-order valence-corrected chi connectivity index (χ0v) is 12.3. The zero-order valence-electron chi connectivity index (χ0n) is 10.7. The van der Waals surface area contributed by atoms with Crippen LogP contribution in [0.25, 0.3) is 0 Å². The normalized spacial score (nSPS) is 12.4. The summed E-state index contributed by atoms with van der Waals surface area (Å²) in [5.74, 6) is 0. The number of rotatable bonds is 4. The third kappa shape index (κ3) is 2.90. The lowest BCUT2D eigenvalue weighted by molar-refractivity contribution is 1.07. The molecular weight excluding hydrogens is 260 g/mol. The second-order valence-corrected chi connectivity index (χ2v) is 5.48. The Kier molecular flexibility index (Phi) is 4.73. The van der Waals surface area contributed by atoms with Gasteiger partial charge < -0.3 is 0 Å². The van der Waals surface area contributed by atoms with E-state index in [1.807, 2.05) is 6.07 Å². The van der Waals surface area contributed by atoms with E-state index in [1.54, 1.807) is 11.8 Å². The van der Waals surface area contributed by atoms with Gasteiger partial charge in [0, 0.05) is 4.90 Å². The molecule has 0 fully saturated rings. The van der Waals surface area contributed by atoms with Crippen molar-refractivity contribution < 1.29 is 0 Å². The fourth-order valence-corrected chi connectivity index (χ4v) is 3.01. The van der Waals surface area contributed by atoms with Gasteiger partial charge in [-0.2, -0.15) is 0 Å². The maximum Gasteiger partial charge on any atom is 0.0846 e. The predicted octanol–water partition coefficient (Wildman–Crippen LogP) is 5.30. The van der Waals surface area contributed by atoms with Gasteiger partial charge in [-0.3, -0.25) is 0 Å². The molecule has 1 atom stereocenters. The van der Waals surface area contributed by atoms with Crippen molar-refractivity contribution in [3.8, 4) is 0 Å². The highest BCUT2D eigenvalue weighted by Crippen LogP contribution is 2.34. The lowest BCUT2D eigenvalue weighted by Crippen LogP contribution is -1.95. The molecule has 94 valence electrons. The summed E-state index contributed by atoms with van der Waals surface area (Å²) in [6.45, 7) is 2.16. The molecule has 2 heteroatoms. The second kappa shape index (κ2) is 6.31. The minimum absolute atomic E-state index is 0.0699. The van der Waals surface area contributed by atoms with Gasteiger partial charge in [0.1, 0.15) is 0 Å². The molecule has 0 saturated heterocycles. The van der Waals surface area contributed by atoms with Crippen molar-refractivity contribution >= 4 is 23.4 Å². The van der Waals surface area contributed by atoms with Gasteiger partial charge in [-0.25, -0.2) is 0 Å². The zero-order chi connectivity index (χ0) is 13.0. The second-order valence-electron chi connectivity index (χ2n) is 4.20. The maximum atomic E-state index is 6.60. The van der Waals surface area contributed by atoms with Crippen LogP contribution in [0.4, 0.5) is 0 Å². The maximum absolute atomic E-state index is 6.60. The number of alkyl halides is 1. The van der Waals surface area contributed by atoms with Crippen LogP contribution >= 0.6 is 23.4 Å². The molecule has 2 aromatic rings. The molecule has 0 aliphatic heterocycles. The smallest absolute Gasteiger partial charge is 0.0846 e. The van der Waals surface area contributed by atoms with Gasteiger partial charge in [0.05, 0.1) is 5.38 Å². The minimum Gasteiger partial charge on any atom is -0.129 e. The first-order chi connectivity index (χ1) is 8.76. The molecule has 0 spiro atoms. The van der Waals surface area contributed by atoms with Crippen LogP contribution in [0.3, 0.4) is 0 Å². The molecule has 1 unspecified atom stereocenters. The predicted molar refractivity (Wildman–Crippen MR) is 81.7 cm³/mol. The Morgan fingerprint density at radius 2 is 1.72 bits per heavy atom. The quantitative estimate of drug-likeness (QED) is 0.539. The highest BCUT2D eigenvalue weighted by Gasteiger charge is 2.13. The molecule has 0 N–H and O–H groups in total. The van der Waals surface area contributed by atoms with Crippen LogP contribution in [0.15, 0.2) is 53.4 Å². The Morgan fingerprint density at radius 3 is 2.33 bits per heavy atom. The van der Waals surface area contributed by atoms with Crippen molar-refractivity contribution in [2.75, 3.05) is 6.26 Å². The van der Waals surface area contributed by atoms with Crippen LogP contribution in [-0.2, 0) is 6.42 Å². The fourth-order valence-electron chi connectivity index (χ4n) is 1.98. The number of aryl methyl sites for hydroxylation is 1. The van der Waals surface area contributed by atoms with E-state index in [1.165, 1.54) is 16.0 Å². The Balaban J connectivity index is 2.31. The molecule has 0 saturated carbocycles. The molecule has 0 aliphatic carbocycles. The molecule has 0 aromatic heterocycles. The van der Waals surface area contributed by atoms with Crippen LogP contribution in [0, 0.1) is 0 Å². The number of benzene rings is 2. The number of hydrogen-bond donors (Lipinski definition) is 0. The highest BCUT2D eigenvalue weighted by molar-refractivity contribution is 7.98. The molecule has 0 heterocycles. The standard InChI is InChI=1S/C16H17ClS/c1-3-12-8-10-13(11-9-12)16(17)14-6-4-5-7-15(14)18-2/h4-11,16H,3H2,1-2H3. The lowest BCUT2D eigenvalue weighted by Gasteiger charge is -2.14. The Morgan fingerprint density at radius 1 is 1.06 bits per heavy atom. The summed E-state index contributed by atoms with van der Waals surface area (Å²) in [5, 5.41) is -0.0699. The molecule has 0 aliphatic rings. The molecule has 2 rings (SSSR count). The number of thioether (sulfide) groups is 1.